The molecule has 2 aromatic heterocycles. The minimum Gasteiger partial charge on any atom is -0.508 e. The predicted octanol–water partition coefficient (Wildman–Crippen LogP) is 4.12. The second-order valence-corrected chi connectivity index (χ2v) is 6.73. The Labute approximate surface area is 161 Å². The number of carbonyl (C=O) groups is 1. The largest absolute Gasteiger partial charge is 0.508 e. The molecule has 1 atom stereocenters. The lowest BCUT2D eigenvalue weighted by Crippen LogP contribution is -2.28. The van der Waals surface area contributed by atoms with Gasteiger partial charge in [-0.3, -0.25) is 9.89 Å². The minimum absolute atomic E-state index is 0.126. The molecule has 3 heterocycles. The number of rotatable bonds is 4. The number of H-pyrrole nitrogens is 1. The van der Waals surface area contributed by atoms with Gasteiger partial charge in [0.25, 0.3) is 5.91 Å². The number of nitrogens with one attached hydrogen (secondary N) is 1. The van der Waals surface area contributed by atoms with Gasteiger partial charge in [0.15, 0.2) is 0 Å². The summed E-state index contributed by atoms with van der Waals surface area (Å²) in [6.07, 6.45) is 1.60. The number of aromatic amines is 1. The number of carbonyl (C=O) groups excluding carboxylic acids is 1. The lowest BCUT2D eigenvalue weighted by molar-refractivity contribution is 0.0717. The van der Waals surface area contributed by atoms with Crippen molar-refractivity contribution < 1.29 is 14.3 Å². The van der Waals surface area contributed by atoms with Crippen molar-refractivity contribution in [3.05, 3.63) is 95.6 Å². The fourth-order valence-corrected chi connectivity index (χ4v) is 3.75. The highest BCUT2D eigenvalue weighted by atomic mass is 16.3. The van der Waals surface area contributed by atoms with E-state index in [2.05, 4.69) is 10.2 Å². The van der Waals surface area contributed by atoms with Gasteiger partial charge >= 0.3 is 0 Å². The van der Waals surface area contributed by atoms with E-state index >= 15 is 0 Å². The average Bonchev–Trinajstić information content (AvgIpc) is 3.44. The van der Waals surface area contributed by atoms with Gasteiger partial charge in [0.2, 0.25) is 0 Å². The van der Waals surface area contributed by atoms with Crippen LogP contribution in [0.3, 0.4) is 0 Å². The van der Waals surface area contributed by atoms with E-state index in [0.29, 0.717) is 18.0 Å². The molecule has 0 radical (unpaired) electrons. The van der Waals surface area contributed by atoms with E-state index in [1.165, 1.54) is 0 Å². The normalized spacial score (nSPS) is 15.8. The van der Waals surface area contributed by atoms with Crippen LogP contribution < -0.4 is 0 Å². The molecule has 1 aliphatic heterocycles. The first-order valence-corrected chi connectivity index (χ1v) is 8.98. The number of furan rings is 1. The van der Waals surface area contributed by atoms with Crippen molar-refractivity contribution in [1.29, 1.82) is 0 Å². The van der Waals surface area contributed by atoms with Crippen molar-refractivity contribution in [2.24, 2.45) is 0 Å². The first-order chi connectivity index (χ1) is 13.7. The fraction of sp³-hybridized carbons (Fsp3) is 0.0909. The first-order valence-electron chi connectivity index (χ1n) is 8.98. The fourth-order valence-electron chi connectivity index (χ4n) is 3.75. The summed E-state index contributed by atoms with van der Waals surface area (Å²) in [5, 5.41) is 17.1. The minimum atomic E-state index is -0.331. The highest BCUT2D eigenvalue weighted by molar-refractivity contribution is 6.00. The Bertz CT molecular complexity index is 1120. The molecule has 2 aromatic carbocycles. The van der Waals surface area contributed by atoms with E-state index in [1.807, 2.05) is 54.6 Å². The molecule has 5 rings (SSSR count). The van der Waals surface area contributed by atoms with Crippen LogP contribution in [0.4, 0.5) is 0 Å². The summed E-state index contributed by atoms with van der Waals surface area (Å²) >= 11 is 0. The third-order valence-electron chi connectivity index (χ3n) is 5.03. The summed E-state index contributed by atoms with van der Waals surface area (Å²) in [5.41, 5.74) is 3.92. The van der Waals surface area contributed by atoms with Crippen molar-refractivity contribution in [3.63, 3.8) is 0 Å². The molecular weight excluding hydrogens is 354 g/mol. The van der Waals surface area contributed by atoms with Gasteiger partial charge in [0.05, 0.1) is 24.5 Å². The van der Waals surface area contributed by atoms with Crippen LogP contribution in [-0.4, -0.2) is 26.1 Å². The molecular formula is C22H17N3O3. The third-order valence-corrected chi connectivity index (χ3v) is 5.03. The van der Waals surface area contributed by atoms with Crippen molar-refractivity contribution in [2.45, 2.75) is 12.6 Å². The number of amides is 1. The van der Waals surface area contributed by atoms with E-state index < -0.39 is 0 Å². The number of aromatic hydroxyl groups is 1. The molecule has 0 saturated heterocycles. The monoisotopic (exact) mass is 371 g/mol. The molecule has 1 amide bonds. The number of phenolic OH excluding ortho intramolecular Hbond substituents is 1. The molecule has 4 aromatic rings. The summed E-state index contributed by atoms with van der Waals surface area (Å²) < 4.78 is 5.48. The number of hydrogen-bond donors (Lipinski definition) is 2. The van der Waals surface area contributed by atoms with Crippen molar-refractivity contribution in [2.75, 3.05) is 0 Å². The molecule has 2 N–H and O–H groups in total. The molecule has 0 aliphatic carbocycles. The van der Waals surface area contributed by atoms with Gasteiger partial charge in [-0.1, -0.05) is 42.5 Å². The summed E-state index contributed by atoms with van der Waals surface area (Å²) in [5.74, 6) is 0.761. The van der Waals surface area contributed by atoms with Gasteiger partial charge in [-0.05, 0) is 29.8 Å². The zero-order valence-corrected chi connectivity index (χ0v) is 14.9. The lowest BCUT2D eigenvalue weighted by atomic mass is 9.96. The number of aromatic nitrogens is 2. The van der Waals surface area contributed by atoms with E-state index in [4.69, 9.17) is 4.42 Å². The van der Waals surface area contributed by atoms with Gasteiger partial charge < -0.3 is 14.4 Å². The summed E-state index contributed by atoms with van der Waals surface area (Å²) in [6, 6.07) is 20.0. The molecule has 138 valence electrons. The number of benzene rings is 2. The molecule has 6 heteroatoms. The molecule has 1 unspecified atom stereocenters. The standard InChI is InChI=1S/C22H17N3O3/c26-16-10-8-15(9-11-16)21-18-19(14-5-2-1-3-6-14)23-24-20(18)22(27)25(21)13-17-7-4-12-28-17/h1-12,21,26H,13H2,(H,23,24). The molecule has 0 saturated carbocycles. The first kappa shape index (κ1) is 16.4. The highest BCUT2D eigenvalue weighted by Gasteiger charge is 2.42. The van der Waals surface area contributed by atoms with Gasteiger partial charge in [0, 0.05) is 11.1 Å². The Balaban J connectivity index is 1.66. The van der Waals surface area contributed by atoms with Gasteiger partial charge in [-0.15, -0.1) is 0 Å². The van der Waals surface area contributed by atoms with Crippen LogP contribution in [0.25, 0.3) is 11.3 Å². The third kappa shape index (κ3) is 2.58. The van der Waals surface area contributed by atoms with Crippen LogP contribution >= 0.6 is 0 Å². The number of fused-ring (bicyclic) bond motifs is 1. The van der Waals surface area contributed by atoms with E-state index in [9.17, 15) is 9.90 Å². The van der Waals surface area contributed by atoms with Crippen molar-refractivity contribution in [3.8, 4) is 17.0 Å². The smallest absolute Gasteiger partial charge is 0.273 e. The van der Waals surface area contributed by atoms with Gasteiger partial charge in [0.1, 0.15) is 17.2 Å². The molecule has 0 spiro atoms. The van der Waals surface area contributed by atoms with E-state index in [1.54, 1.807) is 23.3 Å². The molecule has 1 aliphatic rings. The Kier molecular flexibility index (Phi) is 3.76. The summed E-state index contributed by atoms with van der Waals surface area (Å²) in [6.45, 7) is 0.341. The quantitative estimate of drug-likeness (QED) is 0.565. The molecule has 28 heavy (non-hydrogen) atoms. The second kappa shape index (κ2) is 6.42. The molecule has 6 nitrogen and oxygen atoms in total. The Morgan fingerprint density at radius 2 is 1.82 bits per heavy atom. The van der Waals surface area contributed by atoms with Crippen LogP contribution in [0.5, 0.6) is 5.75 Å². The van der Waals surface area contributed by atoms with Gasteiger partial charge in [-0.25, -0.2) is 0 Å². The summed E-state index contributed by atoms with van der Waals surface area (Å²) in [4.78, 5) is 14.9. The zero-order chi connectivity index (χ0) is 19.1. The maximum Gasteiger partial charge on any atom is 0.273 e. The topological polar surface area (TPSA) is 82.4 Å². The molecule has 0 fully saturated rings. The number of nitrogens with zero attached hydrogens (tertiary/aromatic N) is 2. The second-order valence-electron chi connectivity index (χ2n) is 6.73. The highest BCUT2D eigenvalue weighted by Crippen LogP contribution is 2.43. The van der Waals surface area contributed by atoms with E-state index in [-0.39, 0.29) is 17.7 Å². The van der Waals surface area contributed by atoms with Crippen LogP contribution in [-0.2, 0) is 6.54 Å². The summed E-state index contributed by atoms with van der Waals surface area (Å²) in [7, 11) is 0. The van der Waals surface area contributed by atoms with Crippen LogP contribution in [0, 0.1) is 0 Å². The predicted molar refractivity (Wildman–Crippen MR) is 103 cm³/mol. The maximum atomic E-state index is 13.2. The Morgan fingerprint density at radius 3 is 2.54 bits per heavy atom. The molecule has 0 bridgehead atoms. The van der Waals surface area contributed by atoms with Crippen LogP contribution in [0.15, 0.2) is 77.4 Å². The van der Waals surface area contributed by atoms with Crippen molar-refractivity contribution >= 4 is 5.91 Å². The SMILES string of the molecule is O=C1c2[nH]nc(-c3ccccc3)c2C(c2ccc(O)cc2)N1Cc1ccco1. The van der Waals surface area contributed by atoms with Gasteiger partial charge in [-0.2, -0.15) is 5.10 Å². The van der Waals surface area contributed by atoms with Crippen molar-refractivity contribution in [1.82, 2.24) is 15.1 Å². The zero-order valence-electron chi connectivity index (χ0n) is 14.9. The number of phenols is 1. The van der Waals surface area contributed by atoms with E-state index in [0.717, 1.165) is 22.4 Å². The Hall–Kier alpha value is -3.80. The average molecular weight is 371 g/mol. The maximum absolute atomic E-state index is 13.2. The Morgan fingerprint density at radius 1 is 1.04 bits per heavy atom. The lowest BCUT2D eigenvalue weighted by Gasteiger charge is -2.25. The van der Waals surface area contributed by atoms with Crippen LogP contribution in [0.1, 0.15) is 33.4 Å². The number of hydrogen-bond acceptors (Lipinski definition) is 4. The van der Waals surface area contributed by atoms with Crippen LogP contribution in [0.2, 0.25) is 0 Å².